The van der Waals surface area contributed by atoms with Gasteiger partial charge in [0.2, 0.25) is 0 Å². The van der Waals surface area contributed by atoms with Gasteiger partial charge in [0, 0.05) is 27.8 Å². The van der Waals surface area contributed by atoms with Crippen molar-refractivity contribution in [2.24, 2.45) is 0 Å². The highest BCUT2D eigenvalue weighted by Gasteiger charge is 2.13. The Bertz CT molecular complexity index is 1180. The second-order valence-corrected chi connectivity index (χ2v) is 7.58. The van der Waals surface area contributed by atoms with Crippen LogP contribution in [0.5, 0.6) is 5.75 Å². The van der Waals surface area contributed by atoms with Crippen LogP contribution in [0.3, 0.4) is 0 Å². The zero-order valence-corrected chi connectivity index (χ0v) is 17.7. The quantitative estimate of drug-likeness (QED) is 0.464. The van der Waals surface area contributed by atoms with Gasteiger partial charge in [-0.2, -0.15) is 0 Å². The zero-order chi connectivity index (χ0) is 20.4. The molecule has 3 aromatic carbocycles. The van der Waals surface area contributed by atoms with Crippen molar-refractivity contribution in [1.29, 1.82) is 0 Å². The highest BCUT2D eigenvalue weighted by molar-refractivity contribution is 9.10. The molecular formula is C23H20BrN3O2. The molecule has 0 saturated carbocycles. The van der Waals surface area contributed by atoms with Gasteiger partial charge in [-0.05, 0) is 55.5 Å². The first-order valence-corrected chi connectivity index (χ1v) is 10.0. The Morgan fingerprint density at radius 3 is 2.62 bits per heavy atom. The van der Waals surface area contributed by atoms with Crippen LogP contribution in [0.25, 0.3) is 16.7 Å². The second-order valence-electron chi connectivity index (χ2n) is 6.67. The van der Waals surface area contributed by atoms with E-state index in [0.29, 0.717) is 12.1 Å². The van der Waals surface area contributed by atoms with Crippen LogP contribution in [-0.2, 0) is 6.54 Å². The van der Waals surface area contributed by atoms with Crippen molar-refractivity contribution in [3.8, 4) is 11.4 Å². The fraction of sp³-hybridized carbons (Fsp3) is 0.130. The smallest absolute Gasteiger partial charge is 0.251 e. The maximum atomic E-state index is 12.7. The summed E-state index contributed by atoms with van der Waals surface area (Å²) in [6.07, 6.45) is 0. The average molecular weight is 450 g/mol. The highest BCUT2D eigenvalue weighted by atomic mass is 79.9. The first-order chi connectivity index (χ1) is 14.1. The number of rotatable bonds is 5. The molecule has 4 rings (SSSR count). The van der Waals surface area contributed by atoms with E-state index >= 15 is 0 Å². The third kappa shape index (κ3) is 3.89. The Labute approximate surface area is 177 Å². The summed E-state index contributed by atoms with van der Waals surface area (Å²) in [6, 6.07) is 21.3. The molecule has 0 saturated heterocycles. The maximum Gasteiger partial charge on any atom is 0.251 e. The lowest BCUT2D eigenvalue weighted by molar-refractivity contribution is 0.0951. The third-order valence-corrected chi connectivity index (χ3v) is 5.33. The van der Waals surface area contributed by atoms with E-state index in [-0.39, 0.29) is 5.91 Å². The van der Waals surface area contributed by atoms with E-state index in [1.165, 1.54) is 0 Å². The number of hydrogen-bond acceptors (Lipinski definition) is 3. The van der Waals surface area contributed by atoms with Gasteiger partial charge < -0.3 is 10.1 Å². The van der Waals surface area contributed by atoms with E-state index in [1.54, 1.807) is 7.11 Å². The molecule has 1 N–H and O–H groups in total. The summed E-state index contributed by atoms with van der Waals surface area (Å²) in [5.41, 5.74) is 4.29. The molecule has 0 aliphatic rings. The lowest BCUT2D eigenvalue weighted by Crippen LogP contribution is -2.23. The SMILES string of the molecule is COc1ccccc1CNC(=O)c1ccc2c(c1)nc(C)n2-c1ccc(Br)cc1. The fourth-order valence-corrected chi connectivity index (χ4v) is 3.65. The summed E-state index contributed by atoms with van der Waals surface area (Å²) in [6.45, 7) is 2.36. The molecule has 0 fully saturated rings. The molecule has 0 aliphatic carbocycles. The predicted octanol–water partition coefficient (Wildman–Crippen LogP) is 5.04. The molecular weight excluding hydrogens is 430 g/mol. The fourth-order valence-electron chi connectivity index (χ4n) is 3.38. The predicted molar refractivity (Wildman–Crippen MR) is 118 cm³/mol. The van der Waals surface area contributed by atoms with E-state index in [1.807, 2.05) is 73.7 Å². The first-order valence-electron chi connectivity index (χ1n) is 9.22. The number of aryl methyl sites for hydroxylation is 1. The lowest BCUT2D eigenvalue weighted by atomic mass is 10.1. The summed E-state index contributed by atoms with van der Waals surface area (Å²) in [5.74, 6) is 1.48. The number of aromatic nitrogens is 2. The molecule has 0 bridgehead atoms. The van der Waals surface area contributed by atoms with Crippen molar-refractivity contribution in [2.45, 2.75) is 13.5 Å². The van der Waals surface area contributed by atoms with Gasteiger partial charge in [-0.15, -0.1) is 0 Å². The number of amides is 1. The zero-order valence-electron chi connectivity index (χ0n) is 16.1. The van der Waals surface area contributed by atoms with Crippen molar-refractivity contribution in [1.82, 2.24) is 14.9 Å². The number of imidazole rings is 1. The molecule has 1 aromatic heterocycles. The Morgan fingerprint density at radius 1 is 1.10 bits per heavy atom. The van der Waals surface area contributed by atoms with Gasteiger partial charge in [0.15, 0.2) is 0 Å². The molecule has 1 amide bonds. The Hall–Kier alpha value is -3.12. The molecule has 0 radical (unpaired) electrons. The molecule has 0 unspecified atom stereocenters. The van der Waals surface area contributed by atoms with Gasteiger partial charge in [0.25, 0.3) is 5.91 Å². The van der Waals surface area contributed by atoms with E-state index in [9.17, 15) is 4.79 Å². The molecule has 0 spiro atoms. The molecule has 6 heteroatoms. The number of carbonyl (C=O) groups is 1. The van der Waals surface area contributed by atoms with Gasteiger partial charge >= 0.3 is 0 Å². The van der Waals surface area contributed by atoms with Gasteiger partial charge in [-0.1, -0.05) is 34.1 Å². The molecule has 4 aromatic rings. The van der Waals surface area contributed by atoms with Gasteiger partial charge in [-0.25, -0.2) is 4.98 Å². The Kier molecular flexibility index (Phi) is 5.36. The van der Waals surface area contributed by atoms with Crippen LogP contribution >= 0.6 is 15.9 Å². The van der Waals surface area contributed by atoms with Crippen molar-refractivity contribution >= 4 is 32.9 Å². The topological polar surface area (TPSA) is 56.1 Å². The minimum atomic E-state index is -0.145. The van der Waals surface area contributed by atoms with Crippen LogP contribution in [0.15, 0.2) is 71.2 Å². The monoisotopic (exact) mass is 449 g/mol. The minimum absolute atomic E-state index is 0.145. The van der Waals surface area contributed by atoms with Gasteiger partial charge in [-0.3, -0.25) is 9.36 Å². The first kappa shape index (κ1) is 19.2. The number of hydrogen-bond donors (Lipinski definition) is 1. The number of halogens is 1. The summed E-state index contributed by atoms with van der Waals surface area (Å²) >= 11 is 3.47. The number of carbonyl (C=O) groups excluding carboxylic acids is 1. The summed E-state index contributed by atoms with van der Waals surface area (Å²) in [4.78, 5) is 17.3. The van der Waals surface area contributed by atoms with Crippen LogP contribution in [0, 0.1) is 6.92 Å². The third-order valence-electron chi connectivity index (χ3n) is 4.80. The molecule has 146 valence electrons. The van der Waals surface area contributed by atoms with Gasteiger partial charge in [0.05, 0.1) is 18.1 Å². The number of methoxy groups -OCH3 is 1. The largest absolute Gasteiger partial charge is 0.496 e. The maximum absolute atomic E-state index is 12.7. The van der Waals surface area contributed by atoms with Crippen molar-refractivity contribution in [3.05, 3.63) is 88.2 Å². The van der Waals surface area contributed by atoms with E-state index < -0.39 is 0 Å². The van der Waals surface area contributed by atoms with Crippen LogP contribution in [0.4, 0.5) is 0 Å². The van der Waals surface area contributed by atoms with Crippen molar-refractivity contribution < 1.29 is 9.53 Å². The minimum Gasteiger partial charge on any atom is -0.496 e. The van der Waals surface area contributed by atoms with Crippen molar-refractivity contribution in [2.75, 3.05) is 7.11 Å². The number of nitrogens with one attached hydrogen (secondary N) is 1. The average Bonchev–Trinajstić information content (AvgIpc) is 3.07. The number of benzene rings is 3. The Morgan fingerprint density at radius 2 is 1.86 bits per heavy atom. The Balaban J connectivity index is 1.59. The van der Waals surface area contributed by atoms with E-state index in [0.717, 1.165) is 38.3 Å². The van der Waals surface area contributed by atoms with Crippen LogP contribution in [-0.4, -0.2) is 22.6 Å². The van der Waals surface area contributed by atoms with Crippen molar-refractivity contribution in [3.63, 3.8) is 0 Å². The normalized spacial score (nSPS) is 10.9. The standard InChI is InChI=1S/C23H20BrN3O2/c1-15-26-20-13-16(23(28)25-14-17-5-3-4-6-22(17)29-2)7-12-21(20)27(15)19-10-8-18(24)9-11-19/h3-13H,14H2,1-2H3,(H,25,28). The number of nitrogens with zero attached hydrogens (tertiary/aromatic N) is 2. The number of fused-ring (bicyclic) bond motifs is 1. The van der Waals surface area contributed by atoms with Crippen LogP contribution in [0.1, 0.15) is 21.7 Å². The summed E-state index contributed by atoms with van der Waals surface area (Å²) in [7, 11) is 1.62. The second kappa shape index (κ2) is 8.09. The molecule has 0 aliphatic heterocycles. The molecule has 1 heterocycles. The van der Waals surface area contributed by atoms with Crippen LogP contribution < -0.4 is 10.1 Å². The lowest BCUT2D eigenvalue weighted by Gasteiger charge is -2.10. The molecule has 29 heavy (non-hydrogen) atoms. The molecule has 0 atom stereocenters. The summed E-state index contributed by atoms with van der Waals surface area (Å²) in [5, 5.41) is 2.96. The highest BCUT2D eigenvalue weighted by Crippen LogP contribution is 2.24. The molecule has 5 nitrogen and oxygen atoms in total. The van der Waals surface area contributed by atoms with Gasteiger partial charge in [0.1, 0.15) is 11.6 Å². The number of ether oxygens (including phenoxy) is 1. The van der Waals surface area contributed by atoms with E-state index in [4.69, 9.17) is 4.74 Å². The van der Waals surface area contributed by atoms with E-state index in [2.05, 4.69) is 30.8 Å². The number of para-hydroxylation sites is 1. The summed E-state index contributed by atoms with van der Waals surface area (Å²) < 4.78 is 8.45. The van der Waals surface area contributed by atoms with Crippen LogP contribution in [0.2, 0.25) is 0 Å².